The monoisotopic (exact) mass is 309 g/mol. The van der Waals surface area contributed by atoms with Crippen LogP contribution in [-0.2, 0) is 0 Å². The predicted octanol–water partition coefficient (Wildman–Crippen LogP) is 5.08. The van der Waals surface area contributed by atoms with Crippen molar-refractivity contribution in [3.05, 3.63) is 35.9 Å². The molecule has 0 atom stereocenters. The smallest absolute Gasteiger partial charge is 0.00383 e. The Bertz CT molecular complexity index is 505. The molecule has 1 nitrogen and oxygen atoms in total. The number of likely N-dealkylation sites (tertiary alicyclic amines) is 1. The first-order valence-corrected chi connectivity index (χ1v) is 10.1. The third-order valence-electron chi connectivity index (χ3n) is 7.58. The quantitative estimate of drug-likeness (QED) is 0.752. The van der Waals surface area contributed by atoms with E-state index in [4.69, 9.17) is 0 Å². The maximum Gasteiger partial charge on any atom is 0.00383 e. The summed E-state index contributed by atoms with van der Waals surface area (Å²) < 4.78 is 0. The highest BCUT2D eigenvalue weighted by molar-refractivity contribution is 5.20. The van der Waals surface area contributed by atoms with E-state index < -0.39 is 0 Å². The van der Waals surface area contributed by atoms with E-state index in [0.29, 0.717) is 0 Å². The van der Waals surface area contributed by atoms with Crippen LogP contribution in [-0.4, -0.2) is 24.5 Å². The summed E-state index contributed by atoms with van der Waals surface area (Å²) in [6.45, 7) is 4.10. The zero-order valence-electron chi connectivity index (χ0n) is 14.4. The van der Waals surface area contributed by atoms with Gasteiger partial charge in [0.1, 0.15) is 0 Å². The number of hydrogen-bond donors (Lipinski definition) is 0. The molecule has 5 aliphatic rings. The fourth-order valence-corrected chi connectivity index (χ4v) is 7.11. The fourth-order valence-electron chi connectivity index (χ4n) is 7.11. The Labute approximate surface area is 141 Å². The van der Waals surface area contributed by atoms with Gasteiger partial charge in [-0.25, -0.2) is 0 Å². The first kappa shape index (κ1) is 14.5. The predicted molar refractivity (Wildman–Crippen MR) is 95.5 cm³/mol. The largest absolute Gasteiger partial charge is 0.303 e. The van der Waals surface area contributed by atoms with Gasteiger partial charge in [0.15, 0.2) is 0 Å². The lowest BCUT2D eigenvalue weighted by atomic mass is 9.49. The molecule has 1 aliphatic heterocycles. The molecule has 0 unspecified atom stereocenters. The molecule has 5 fully saturated rings. The summed E-state index contributed by atoms with van der Waals surface area (Å²) >= 11 is 0. The third-order valence-corrected chi connectivity index (χ3v) is 7.58. The highest BCUT2D eigenvalue weighted by Gasteiger charge is 2.51. The fraction of sp³-hybridized carbons (Fsp3) is 0.727. The Hall–Kier alpha value is -0.820. The van der Waals surface area contributed by atoms with E-state index in [1.165, 1.54) is 32.5 Å². The number of benzene rings is 1. The maximum atomic E-state index is 2.84. The van der Waals surface area contributed by atoms with Crippen LogP contribution in [0.2, 0.25) is 0 Å². The summed E-state index contributed by atoms with van der Waals surface area (Å²) in [6, 6.07) is 11.2. The standard InChI is InChI=1S/C22H31N/c1-2-4-20(5-3-1)21-6-8-23(9-7-21)16-22-13-17-10-18(14-22)12-19(11-17)15-22/h1-5,17-19,21H,6-16H2. The van der Waals surface area contributed by atoms with Crippen LogP contribution in [0.4, 0.5) is 0 Å². The minimum Gasteiger partial charge on any atom is -0.303 e. The van der Waals surface area contributed by atoms with Gasteiger partial charge in [0.05, 0.1) is 0 Å². The molecule has 0 N–H and O–H groups in total. The summed E-state index contributed by atoms with van der Waals surface area (Å²) in [7, 11) is 0. The summed E-state index contributed by atoms with van der Waals surface area (Å²) in [6.07, 6.45) is 12.2. The summed E-state index contributed by atoms with van der Waals surface area (Å²) in [5, 5.41) is 0. The lowest BCUT2D eigenvalue weighted by Gasteiger charge is -2.58. The van der Waals surface area contributed by atoms with Gasteiger partial charge in [0.25, 0.3) is 0 Å². The van der Waals surface area contributed by atoms with Crippen molar-refractivity contribution in [2.75, 3.05) is 19.6 Å². The first-order valence-electron chi connectivity index (χ1n) is 10.1. The number of nitrogens with zero attached hydrogens (tertiary/aromatic N) is 1. The topological polar surface area (TPSA) is 3.24 Å². The van der Waals surface area contributed by atoms with Gasteiger partial charge < -0.3 is 4.90 Å². The van der Waals surface area contributed by atoms with Gasteiger partial charge in [-0.15, -0.1) is 0 Å². The highest BCUT2D eigenvalue weighted by atomic mass is 15.1. The van der Waals surface area contributed by atoms with Gasteiger partial charge in [-0.1, -0.05) is 30.3 Å². The van der Waals surface area contributed by atoms with Gasteiger partial charge in [0.2, 0.25) is 0 Å². The third kappa shape index (κ3) is 2.76. The molecule has 0 amide bonds. The first-order chi connectivity index (χ1) is 11.3. The minimum atomic E-state index is 0.730. The van der Waals surface area contributed by atoms with E-state index in [9.17, 15) is 0 Å². The Balaban J connectivity index is 1.22. The average molecular weight is 309 g/mol. The highest BCUT2D eigenvalue weighted by Crippen LogP contribution is 2.60. The molecule has 1 aromatic carbocycles. The number of rotatable bonds is 3. The van der Waals surface area contributed by atoms with E-state index in [0.717, 1.165) is 29.1 Å². The second-order valence-corrected chi connectivity index (χ2v) is 9.38. The van der Waals surface area contributed by atoms with E-state index in [1.807, 2.05) is 0 Å². The molecule has 23 heavy (non-hydrogen) atoms. The number of piperidine rings is 1. The van der Waals surface area contributed by atoms with Gasteiger partial charge >= 0.3 is 0 Å². The molecule has 1 saturated heterocycles. The molecule has 0 radical (unpaired) electrons. The second kappa shape index (κ2) is 5.62. The van der Waals surface area contributed by atoms with Gasteiger partial charge in [-0.05, 0) is 99.1 Å². The van der Waals surface area contributed by atoms with E-state index in [-0.39, 0.29) is 0 Å². The number of hydrogen-bond acceptors (Lipinski definition) is 1. The zero-order valence-corrected chi connectivity index (χ0v) is 14.4. The van der Waals surface area contributed by atoms with Crippen LogP contribution in [0.15, 0.2) is 30.3 Å². The van der Waals surface area contributed by atoms with E-state index >= 15 is 0 Å². The van der Waals surface area contributed by atoms with Gasteiger partial charge in [-0.2, -0.15) is 0 Å². The summed E-state index contributed by atoms with van der Waals surface area (Å²) in [5.74, 6) is 4.11. The van der Waals surface area contributed by atoms with Crippen LogP contribution in [0.3, 0.4) is 0 Å². The molecular weight excluding hydrogens is 278 g/mol. The molecule has 1 heterocycles. The minimum absolute atomic E-state index is 0.730. The molecule has 124 valence electrons. The van der Waals surface area contributed by atoms with Crippen LogP contribution < -0.4 is 0 Å². The molecule has 1 aromatic rings. The molecule has 4 aliphatic carbocycles. The Morgan fingerprint density at radius 2 is 1.39 bits per heavy atom. The van der Waals surface area contributed by atoms with Crippen molar-refractivity contribution < 1.29 is 0 Å². The summed E-state index contributed by atoms with van der Waals surface area (Å²) in [4.78, 5) is 2.84. The molecular formula is C22H31N. The van der Waals surface area contributed by atoms with Gasteiger partial charge in [0, 0.05) is 6.54 Å². The Kier molecular flexibility index (Phi) is 3.55. The van der Waals surface area contributed by atoms with E-state index in [2.05, 4.69) is 35.2 Å². The normalized spacial score (nSPS) is 40.6. The van der Waals surface area contributed by atoms with Crippen molar-refractivity contribution in [3.8, 4) is 0 Å². The van der Waals surface area contributed by atoms with Crippen molar-refractivity contribution in [3.63, 3.8) is 0 Å². The lowest BCUT2D eigenvalue weighted by Crippen LogP contribution is -2.52. The second-order valence-electron chi connectivity index (χ2n) is 9.38. The van der Waals surface area contributed by atoms with Crippen LogP contribution in [0, 0.1) is 23.2 Å². The van der Waals surface area contributed by atoms with Crippen LogP contribution in [0.25, 0.3) is 0 Å². The molecule has 0 spiro atoms. The molecule has 4 saturated carbocycles. The molecule has 1 heteroatoms. The maximum absolute atomic E-state index is 2.84. The zero-order chi connectivity index (χ0) is 15.3. The Morgan fingerprint density at radius 3 is 1.96 bits per heavy atom. The van der Waals surface area contributed by atoms with Gasteiger partial charge in [-0.3, -0.25) is 0 Å². The van der Waals surface area contributed by atoms with Crippen molar-refractivity contribution in [1.29, 1.82) is 0 Å². The molecule has 4 bridgehead atoms. The average Bonchev–Trinajstić information content (AvgIpc) is 2.55. The molecule has 6 rings (SSSR count). The van der Waals surface area contributed by atoms with Crippen molar-refractivity contribution in [2.24, 2.45) is 23.2 Å². The SMILES string of the molecule is c1ccc(C2CCN(CC34CC5CC(CC(C5)C3)C4)CC2)cc1. The Morgan fingerprint density at radius 1 is 0.826 bits per heavy atom. The van der Waals surface area contributed by atoms with Crippen molar-refractivity contribution >= 4 is 0 Å². The van der Waals surface area contributed by atoms with Crippen LogP contribution in [0.5, 0.6) is 0 Å². The van der Waals surface area contributed by atoms with Crippen LogP contribution in [0.1, 0.15) is 62.8 Å². The van der Waals surface area contributed by atoms with Crippen molar-refractivity contribution in [2.45, 2.75) is 57.3 Å². The summed E-state index contributed by atoms with van der Waals surface area (Å²) in [5.41, 5.74) is 2.30. The van der Waals surface area contributed by atoms with Crippen LogP contribution >= 0.6 is 0 Å². The van der Waals surface area contributed by atoms with E-state index in [1.54, 1.807) is 44.1 Å². The van der Waals surface area contributed by atoms with Crippen molar-refractivity contribution in [1.82, 2.24) is 4.90 Å². The lowest BCUT2D eigenvalue weighted by molar-refractivity contribution is -0.0714. The molecule has 0 aromatic heterocycles.